The van der Waals surface area contributed by atoms with Crippen LogP contribution in [0, 0.1) is 0 Å². The van der Waals surface area contributed by atoms with Crippen LogP contribution in [0.5, 0.6) is 0 Å². The lowest BCUT2D eigenvalue weighted by molar-refractivity contribution is 0.321. The minimum Gasteiger partial charge on any atom is -0.326 e. The van der Waals surface area contributed by atoms with Gasteiger partial charge in [0.2, 0.25) is 0 Å². The van der Waals surface area contributed by atoms with Crippen molar-refractivity contribution in [2.24, 2.45) is 5.73 Å². The monoisotopic (exact) mass is 220 g/mol. The number of nitrogens with two attached hydrogens (primary N) is 1. The predicted molar refractivity (Wildman–Crippen MR) is 63.1 cm³/mol. The first-order valence-corrected chi connectivity index (χ1v) is 6.36. The number of likely N-dealkylation sites (tertiary alicyclic amines) is 1. The molecule has 4 nitrogen and oxygen atoms in total. The summed E-state index contributed by atoms with van der Waals surface area (Å²) in [7, 11) is 0. The summed E-state index contributed by atoms with van der Waals surface area (Å²) < 4.78 is 0. The summed E-state index contributed by atoms with van der Waals surface area (Å²) in [4.78, 5) is 2.43. The average Bonchev–Trinajstić information content (AvgIpc) is 2.87. The van der Waals surface area contributed by atoms with E-state index >= 15 is 0 Å². The molecule has 0 saturated carbocycles. The van der Waals surface area contributed by atoms with Crippen LogP contribution in [0.4, 0.5) is 0 Å². The highest BCUT2D eigenvalue weighted by atomic mass is 15.2. The van der Waals surface area contributed by atoms with Gasteiger partial charge in [-0.15, -0.1) is 0 Å². The van der Waals surface area contributed by atoms with Crippen molar-refractivity contribution in [3.8, 4) is 0 Å². The van der Waals surface area contributed by atoms with E-state index in [2.05, 4.69) is 15.1 Å². The molecule has 1 aromatic heterocycles. The molecule has 2 aliphatic rings. The molecule has 2 heterocycles. The number of hydrogen-bond acceptors (Lipinski definition) is 3. The highest BCUT2D eigenvalue weighted by molar-refractivity contribution is 5.27. The third kappa shape index (κ3) is 1.87. The van der Waals surface area contributed by atoms with E-state index in [1.54, 1.807) is 0 Å². The number of rotatable bonds is 2. The van der Waals surface area contributed by atoms with E-state index < -0.39 is 0 Å². The highest BCUT2D eigenvalue weighted by Crippen LogP contribution is 2.23. The number of aromatic nitrogens is 2. The van der Waals surface area contributed by atoms with E-state index in [4.69, 9.17) is 5.73 Å². The van der Waals surface area contributed by atoms with E-state index in [0.717, 1.165) is 26.1 Å². The predicted octanol–water partition coefficient (Wildman–Crippen LogP) is 0.821. The maximum Gasteiger partial charge on any atom is 0.0797 e. The van der Waals surface area contributed by atoms with Crippen LogP contribution in [-0.4, -0.2) is 34.2 Å². The maximum absolute atomic E-state index is 5.92. The Morgan fingerprint density at radius 1 is 1.38 bits per heavy atom. The molecule has 1 atom stereocenters. The first kappa shape index (κ1) is 10.3. The Morgan fingerprint density at radius 2 is 2.25 bits per heavy atom. The Morgan fingerprint density at radius 3 is 3.06 bits per heavy atom. The molecule has 0 bridgehead atoms. The molecule has 0 spiro atoms. The summed E-state index contributed by atoms with van der Waals surface area (Å²) in [6.45, 7) is 3.14. The number of aryl methyl sites for hydroxylation is 1. The number of nitrogens with zero attached hydrogens (tertiary/aromatic N) is 2. The van der Waals surface area contributed by atoms with Crippen molar-refractivity contribution in [3.63, 3.8) is 0 Å². The molecule has 88 valence electrons. The fraction of sp³-hybridized carbons (Fsp3) is 0.750. The molecule has 1 aliphatic carbocycles. The Bertz CT molecular complexity index is 371. The first-order chi connectivity index (χ1) is 7.83. The van der Waals surface area contributed by atoms with E-state index in [9.17, 15) is 0 Å². The van der Waals surface area contributed by atoms with Crippen LogP contribution in [0.25, 0.3) is 0 Å². The lowest BCUT2D eigenvalue weighted by atomic mass is 9.96. The molecule has 1 saturated heterocycles. The van der Waals surface area contributed by atoms with Gasteiger partial charge in [-0.1, -0.05) is 0 Å². The van der Waals surface area contributed by atoms with Gasteiger partial charge >= 0.3 is 0 Å². The van der Waals surface area contributed by atoms with Gasteiger partial charge in [0.05, 0.1) is 5.69 Å². The second kappa shape index (κ2) is 4.18. The van der Waals surface area contributed by atoms with Crippen LogP contribution >= 0.6 is 0 Å². The van der Waals surface area contributed by atoms with Gasteiger partial charge < -0.3 is 5.73 Å². The Balaban J connectivity index is 1.72. The van der Waals surface area contributed by atoms with Gasteiger partial charge in [0.15, 0.2) is 0 Å². The smallest absolute Gasteiger partial charge is 0.0797 e. The number of nitrogens with one attached hydrogen (secondary N) is 1. The number of H-pyrrole nitrogens is 1. The van der Waals surface area contributed by atoms with Crippen molar-refractivity contribution < 1.29 is 0 Å². The number of aromatic amines is 1. The molecule has 4 heteroatoms. The Kier molecular flexibility index (Phi) is 2.69. The topological polar surface area (TPSA) is 57.9 Å². The zero-order valence-electron chi connectivity index (χ0n) is 9.71. The van der Waals surface area contributed by atoms with Crippen LogP contribution in [-0.2, 0) is 19.4 Å². The van der Waals surface area contributed by atoms with E-state index in [-0.39, 0.29) is 0 Å². The second-order valence-corrected chi connectivity index (χ2v) is 5.12. The van der Waals surface area contributed by atoms with Gasteiger partial charge in [-0.25, -0.2) is 0 Å². The summed E-state index contributed by atoms with van der Waals surface area (Å²) in [5.74, 6) is 0. The molecule has 1 aliphatic heterocycles. The van der Waals surface area contributed by atoms with Gasteiger partial charge in [-0.3, -0.25) is 10.00 Å². The number of fused-ring (bicyclic) bond motifs is 1. The minimum atomic E-state index is 0.370. The maximum atomic E-state index is 5.92. The molecule has 0 amide bonds. The zero-order chi connectivity index (χ0) is 11.0. The lowest BCUT2D eigenvalue weighted by Gasteiger charge is -2.16. The van der Waals surface area contributed by atoms with Crippen LogP contribution in [0.15, 0.2) is 0 Å². The molecule has 3 rings (SSSR count). The van der Waals surface area contributed by atoms with Crippen molar-refractivity contribution >= 4 is 0 Å². The molecule has 0 aromatic carbocycles. The van der Waals surface area contributed by atoms with Gasteiger partial charge in [-0.2, -0.15) is 5.10 Å². The molecule has 0 unspecified atom stereocenters. The molecule has 16 heavy (non-hydrogen) atoms. The molecular weight excluding hydrogens is 200 g/mol. The zero-order valence-corrected chi connectivity index (χ0v) is 9.71. The second-order valence-electron chi connectivity index (χ2n) is 5.12. The summed E-state index contributed by atoms with van der Waals surface area (Å²) in [5, 5.41) is 7.68. The third-order valence-electron chi connectivity index (χ3n) is 3.82. The largest absolute Gasteiger partial charge is 0.326 e. The standard InChI is InChI=1S/C12H20N4/c13-9-5-6-16(7-9)8-12-10-3-1-2-4-11(10)14-15-12/h9H,1-8,13H2,(H,14,15)/t9-/m0/s1. The van der Waals surface area contributed by atoms with Crippen molar-refractivity contribution in [1.82, 2.24) is 15.1 Å². The summed E-state index contributed by atoms with van der Waals surface area (Å²) in [5.41, 5.74) is 10.1. The molecular formula is C12H20N4. The normalized spacial score (nSPS) is 25.9. The van der Waals surface area contributed by atoms with Gasteiger partial charge in [0, 0.05) is 31.4 Å². The molecule has 0 radical (unpaired) electrons. The Hall–Kier alpha value is -0.870. The van der Waals surface area contributed by atoms with Crippen molar-refractivity contribution in [3.05, 3.63) is 17.0 Å². The van der Waals surface area contributed by atoms with E-state index in [1.165, 1.54) is 42.6 Å². The van der Waals surface area contributed by atoms with Crippen molar-refractivity contribution in [2.45, 2.75) is 44.7 Å². The van der Waals surface area contributed by atoms with Gasteiger partial charge in [0.1, 0.15) is 0 Å². The van der Waals surface area contributed by atoms with Crippen LogP contribution in [0.3, 0.4) is 0 Å². The highest BCUT2D eigenvalue weighted by Gasteiger charge is 2.23. The van der Waals surface area contributed by atoms with Crippen LogP contribution in [0.2, 0.25) is 0 Å². The van der Waals surface area contributed by atoms with Crippen molar-refractivity contribution in [1.29, 1.82) is 0 Å². The summed E-state index contributed by atoms with van der Waals surface area (Å²) >= 11 is 0. The van der Waals surface area contributed by atoms with Gasteiger partial charge in [-0.05, 0) is 37.7 Å². The molecule has 1 fully saturated rings. The third-order valence-corrected chi connectivity index (χ3v) is 3.82. The molecule has 3 N–H and O–H groups in total. The Labute approximate surface area is 96.2 Å². The van der Waals surface area contributed by atoms with Crippen LogP contribution < -0.4 is 5.73 Å². The van der Waals surface area contributed by atoms with E-state index in [1.807, 2.05) is 0 Å². The number of hydrogen-bond donors (Lipinski definition) is 2. The summed E-state index contributed by atoms with van der Waals surface area (Å²) in [6, 6.07) is 0.370. The average molecular weight is 220 g/mol. The summed E-state index contributed by atoms with van der Waals surface area (Å²) in [6.07, 6.45) is 6.15. The quantitative estimate of drug-likeness (QED) is 0.776. The van der Waals surface area contributed by atoms with Crippen LogP contribution in [0.1, 0.15) is 36.2 Å². The van der Waals surface area contributed by atoms with Crippen molar-refractivity contribution in [2.75, 3.05) is 13.1 Å². The minimum absolute atomic E-state index is 0.370. The molecule has 1 aromatic rings. The fourth-order valence-electron chi connectivity index (χ4n) is 2.90. The van der Waals surface area contributed by atoms with E-state index in [0.29, 0.717) is 6.04 Å². The first-order valence-electron chi connectivity index (χ1n) is 6.36. The fourth-order valence-corrected chi connectivity index (χ4v) is 2.90. The lowest BCUT2D eigenvalue weighted by Crippen LogP contribution is -2.26. The SMILES string of the molecule is N[C@H]1CCN(Cc2n[nH]c3c2CCCC3)C1. The van der Waals surface area contributed by atoms with Gasteiger partial charge in [0.25, 0.3) is 0 Å².